The molecule has 0 aliphatic rings. The molecule has 0 aliphatic heterocycles. The van der Waals surface area contributed by atoms with Gasteiger partial charge in [0.15, 0.2) is 12.4 Å². The fourth-order valence-electron chi connectivity index (χ4n) is 2.21. The van der Waals surface area contributed by atoms with Gasteiger partial charge in [-0.15, -0.1) is 4.73 Å². The van der Waals surface area contributed by atoms with Crippen molar-refractivity contribution in [2.24, 2.45) is 5.10 Å². The van der Waals surface area contributed by atoms with Crippen LogP contribution < -0.4 is 15.8 Å². The van der Waals surface area contributed by atoms with E-state index < -0.39 is 28.9 Å². The normalized spacial score (nSPS) is 11.0. The van der Waals surface area contributed by atoms with Crippen LogP contribution in [0.4, 0.5) is 5.88 Å². The van der Waals surface area contributed by atoms with Gasteiger partial charge in [-0.3, -0.25) is 19.7 Å². The summed E-state index contributed by atoms with van der Waals surface area (Å²) in [4.78, 5) is 43.4. The van der Waals surface area contributed by atoms with Gasteiger partial charge in [0, 0.05) is 0 Å². The summed E-state index contributed by atoms with van der Waals surface area (Å²) in [7, 11) is 0. The number of aryl methyl sites for hydroxylation is 1. The molecule has 0 saturated heterocycles. The Kier molecular flexibility index (Phi) is 4.92. The first-order chi connectivity index (χ1) is 13.0. The lowest BCUT2D eigenvalue weighted by atomic mass is 10.2. The average Bonchev–Trinajstić information content (AvgIpc) is 3.11. The maximum absolute atomic E-state index is 12.4. The number of hydrogen-bond acceptors (Lipinski definition) is 8. The third-order valence-electron chi connectivity index (χ3n) is 3.39. The van der Waals surface area contributed by atoms with Crippen molar-refractivity contribution >= 4 is 28.9 Å². The number of nitrogens with zero attached hydrogens (tertiary/aromatic N) is 4. The number of nitrogens with one attached hydrogen (secondary N) is 1. The van der Waals surface area contributed by atoms with Crippen LogP contribution in [0.1, 0.15) is 11.6 Å². The number of aromatic nitrogens is 2. The lowest BCUT2D eigenvalue weighted by molar-refractivity contribution is -0.402. The molecular formula is C16H13N5O6. The average molecular weight is 371 g/mol. The Balaban J connectivity index is 1.62. The fraction of sp³-hybridized carbons (Fsp3) is 0.125. The number of hydrogen-bond donors (Lipinski definition) is 1. The molecule has 3 aromatic rings. The zero-order chi connectivity index (χ0) is 19.4. The number of hydrazone groups is 1. The smallest absolute Gasteiger partial charge is 0.400 e. The van der Waals surface area contributed by atoms with Crippen molar-refractivity contribution in [1.82, 2.24) is 15.1 Å². The van der Waals surface area contributed by atoms with Gasteiger partial charge in [-0.05, 0) is 25.1 Å². The molecule has 3 rings (SSSR count). The summed E-state index contributed by atoms with van der Waals surface area (Å²) in [5.41, 5.74) is 2.25. The highest BCUT2D eigenvalue weighted by atomic mass is 16.7. The summed E-state index contributed by atoms with van der Waals surface area (Å²) in [6.45, 7) is 1.09. The molecule has 0 aliphatic carbocycles. The molecule has 0 unspecified atom stereocenters. The summed E-state index contributed by atoms with van der Waals surface area (Å²) < 4.78 is 5.78. The van der Waals surface area contributed by atoms with Crippen molar-refractivity contribution in [2.45, 2.75) is 6.92 Å². The van der Waals surface area contributed by atoms with Gasteiger partial charge in [-0.1, -0.05) is 12.1 Å². The van der Waals surface area contributed by atoms with Gasteiger partial charge < -0.3 is 9.25 Å². The standard InChI is InChI=1S/C16H13N5O6/c1-10-18-13-5-3-2-4-12(13)16(23)20(10)26-9-14(22)19-17-8-11-6-7-15(27-11)21(24)25/h2-8H,9H2,1H3,(H,19,22). The van der Waals surface area contributed by atoms with E-state index in [0.717, 1.165) is 17.0 Å². The lowest BCUT2D eigenvalue weighted by Crippen LogP contribution is -2.35. The van der Waals surface area contributed by atoms with Crippen molar-refractivity contribution in [2.75, 3.05) is 6.61 Å². The highest BCUT2D eigenvalue weighted by Gasteiger charge is 2.11. The van der Waals surface area contributed by atoms with Gasteiger partial charge in [-0.25, -0.2) is 10.4 Å². The van der Waals surface area contributed by atoms with Crippen LogP contribution in [0.5, 0.6) is 0 Å². The minimum atomic E-state index is -0.693. The molecule has 0 spiro atoms. The van der Waals surface area contributed by atoms with E-state index in [-0.39, 0.29) is 11.6 Å². The second kappa shape index (κ2) is 7.47. The second-order valence-electron chi connectivity index (χ2n) is 5.28. The van der Waals surface area contributed by atoms with E-state index in [4.69, 9.17) is 9.25 Å². The third kappa shape index (κ3) is 3.98. The lowest BCUT2D eigenvalue weighted by Gasteiger charge is -2.10. The number of rotatable bonds is 6. The number of fused-ring (bicyclic) bond motifs is 1. The van der Waals surface area contributed by atoms with Gasteiger partial charge in [0.05, 0.1) is 23.2 Å². The first kappa shape index (κ1) is 17.8. The largest absolute Gasteiger partial charge is 0.433 e. The minimum Gasteiger partial charge on any atom is -0.400 e. The van der Waals surface area contributed by atoms with E-state index in [0.29, 0.717) is 10.9 Å². The molecule has 0 bridgehead atoms. The maximum atomic E-state index is 12.4. The van der Waals surface area contributed by atoms with Crippen molar-refractivity contribution in [3.63, 3.8) is 0 Å². The Labute approximate surface area is 151 Å². The van der Waals surface area contributed by atoms with Gasteiger partial charge in [0.1, 0.15) is 10.7 Å². The Morgan fingerprint density at radius 3 is 2.93 bits per heavy atom. The first-order valence-corrected chi connectivity index (χ1v) is 7.63. The molecule has 2 aromatic heterocycles. The van der Waals surface area contributed by atoms with Gasteiger partial charge in [0.25, 0.3) is 11.5 Å². The molecule has 138 valence electrons. The van der Waals surface area contributed by atoms with E-state index in [9.17, 15) is 19.7 Å². The monoisotopic (exact) mass is 371 g/mol. The number of furan rings is 1. The first-order valence-electron chi connectivity index (χ1n) is 7.63. The Bertz CT molecular complexity index is 1100. The van der Waals surface area contributed by atoms with Crippen molar-refractivity contribution in [3.8, 4) is 0 Å². The van der Waals surface area contributed by atoms with Crippen LogP contribution in [0.2, 0.25) is 0 Å². The van der Waals surface area contributed by atoms with Gasteiger partial charge in [-0.2, -0.15) is 5.10 Å². The van der Waals surface area contributed by atoms with Gasteiger partial charge >= 0.3 is 5.88 Å². The van der Waals surface area contributed by atoms with Crippen molar-refractivity contribution in [3.05, 3.63) is 68.5 Å². The highest BCUT2D eigenvalue weighted by Crippen LogP contribution is 2.13. The zero-order valence-corrected chi connectivity index (χ0v) is 14.0. The predicted molar refractivity (Wildman–Crippen MR) is 93.3 cm³/mol. The van der Waals surface area contributed by atoms with E-state index in [1.54, 1.807) is 31.2 Å². The van der Waals surface area contributed by atoms with E-state index in [1.165, 1.54) is 6.07 Å². The van der Waals surface area contributed by atoms with Gasteiger partial charge in [0.2, 0.25) is 0 Å². The van der Waals surface area contributed by atoms with Crippen molar-refractivity contribution < 1.29 is 19.0 Å². The summed E-state index contributed by atoms with van der Waals surface area (Å²) >= 11 is 0. The summed E-state index contributed by atoms with van der Waals surface area (Å²) in [5.74, 6) is -0.705. The molecule has 0 atom stereocenters. The van der Waals surface area contributed by atoms with E-state index >= 15 is 0 Å². The summed E-state index contributed by atoms with van der Waals surface area (Å²) in [6, 6.07) is 9.26. The summed E-state index contributed by atoms with van der Waals surface area (Å²) in [6.07, 6.45) is 1.10. The van der Waals surface area contributed by atoms with Crippen LogP contribution in [0.15, 0.2) is 50.7 Å². The highest BCUT2D eigenvalue weighted by molar-refractivity contribution is 5.81. The number of carbonyl (C=O) groups is 1. The SMILES string of the molecule is Cc1nc2ccccc2c(=O)n1OCC(=O)NN=Cc1ccc([N+](=O)[O-])o1. The number of nitro groups is 1. The van der Waals surface area contributed by atoms with Crippen LogP contribution in [-0.4, -0.2) is 33.4 Å². The quantitative estimate of drug-likeness (QED) is 0.383. The van der Waals surface area contributed by atoms with Crippen LogP contribution in [0.3, 0.4) is 0 Å². The molecule has 11 heteroatoms. The number of amides is 1. The zero-order valence-electron chi connectivity index (χ0n) is 14.0. The molecule has 0 radical (unpaired) electrons. The predicted octanol–water partition coefficient (Wildman–Crippen LogP) is 0.785. The Morgan fingerprint density at radius 2 is 2.19 bits per heavy atom. The third-order valence-corrected chi connectivity index (χ3v) is 3.39. The summed E-state index contributed by atoms with van der Waals surface area (Å²) in [5, 5.41) is 14.5. The van der Waals surface area contributed by atoms with E-state index in [2.05, 4.69) is 15.5 Å². The molecule has 1 aromatic carbocycles. The molecule has 0 saturated carbocycles. The number of carbonyl (C=O) groups excluding carboxylic acids is 1. The molecule has 27 heavy (non-hydrogen) atoms. The molecule has 11 nitrogen and oxygen atoms in total. The molecule has 2 heterocycles. The number of benzene rings is 1. The molecule has 0 fully saturated rings. The van der Waals surface area contributed by atoms with Crippen LogP contribution in [0, 0.1) is 17.0 Å². The fourth-order valence-corrected chi connectivity index (χ4v) is 2.21. The van der Waals surface area contributed by atoms with Crippen LogP contribution in [-0.2, 0) is 4.79 Å². The molecular weight excluding hydrogens is 358 g/mol. The maximum Gasteiger partial charge on any atom is 0.433 e. The van der Waals surface area contributed by atoms with E-state index in [1.807, 2.05) is 0 Å². The van der Waals surface area contributed by atoms with Crippen molar-refractivity contribution in [1.29, 1.82) is 0 Å². The number of para-hydroxylation sites is 1. The molecule has 1 N–H and O–H groups in total. The second-order valence-corrected chi connectivity index (χ2v) is 5.28. The van der Waals surface area contributed by atoms with Crippen LogP contribution >= 0.6 is 0 Å². The minimum absolute atomic E-state index is 0.0914. The Morgan fingerprint density at radius 1 is 1.41 bits per heavy atom. The molecule has 1 amide bonds. The topological polar surface area (TPSA) is 142 Å². The van der Waals surface area contributed by atoms with Crippen LogP contribution in [0.25, 0.3) is 10.9 Å². The Hall–Kier alpha value is -4.02.